The number of carbonyl (C=O) groups is 2. The van der Waals surface area contributed by atoms with Gasteiger partial charge in [0.05, 0.1) is 6.42 Å². The van der Waals surface area contributed by atoms with Gasteiger partial charge in [0, 0.05) is 6.54 Å². The van der Waals surface area contributed by atoms with E-state index in [1.54, 1.807) is 0 Å². The summed E-state index contributed by atoms with van der Waals surface area (Å²) >= 11 is 0. The molecule has 98 valence electrons. The Balaban J connectivity index is 2.26. The van der Waals surface area contributed by atoms with Crippen LogP contribution in [0.25, 0.3) is 0 Å². The van der Waals surface area contributed by atoms with Gasteiger partial charge in [-0.2, -0.15) is 13.2 Å². The van der Waals surface area contributed by atoms with Crippen molar-refractivity contribution >= 4 is 12.0 Å². The summed E-state index contributed by atoms with van der Waals surface area (Å²) in [6, 6.07) is -1.89. The van der Waals surface area contributed by atoms with Gasteiger partial charge < -0.3 is 15.7 Å². The van der Waals surface area contributed by atoms with Crippen LogP contribution in [0.4, 0.5) is 18.0 Å². The zero-order valence-corrected chi connectivity index (χ0v) is 8.88. The van der Waals surface area contributed by atoms with E-state index >= 15 is 0 Å². The molecule has 0 aromatic heterocycles. The van der Waals surface area contributed by atoms with Gasteiger partial charge in [0.2, 0.25) is 0 Å². The lowest BCUT2D eigenvalue weighted by molar-refractivity contribution is -0.140. The smallest absolute Gasteiger partial charge is 0.390 e. The van der Waals surface area contributed by atoms with Gasteiger partial charge in [-0.05, 0) is 18.8 Å². The van der Waals surface area contributed by atoms with Crippen molar-refractivity contribution in [2.45, 2.75) is 31.5 Å². The van der Waals surface area contributed by atoms with Crippen molar-refractivity contribution in [2.24, 2.45) is 5.92 Å². The number of carbonyl (C=O) groups excluding carboxylic acids is 1. The second kappa shape index (κ2) is 5.24. The topological polar surface area (TPSA) is 78.4 Å². The Bertz CT molecular complexity index is 302. The van der Waals surface area contributed by atoms with E-state index in [-0.39, 0.29) is 5.92 Å². The lowest BCUT2D eigenvalue weighted by Gasteiger charge is -2.14. The standard InChI is InChI=1S/C9H13F3N2O3/c10-9(11,12)3-4-13-8(17)14-6(7(15)16)5-1-2-5/h5-6H,1-4H2,(H,15,16)(H2,13,14,17). The Hall–Kier alpha value is -1.47. The van der Waals surface area contributed by atoms with Gasteiger partial charge in [0.1, 0.15) is 6.04 Å². The van der Waals surface area contributed by atoms with Gasteiger partial charge in [-0.3, -0.25) is 0 Å². The molecule has 0 radical (unpaired) electrons. The minimum atomic E-state index is -4.34. The van der Waals surface area contributed by atoms with E-state index in [1.807, 2.05) is 5.32 Å². The van der Waals surface area contributed by atoms with E-state index in [2.05, 4.69) is 5.32 Å². The maximum Gasteiger partial charge on any atom is 0.390 e. The van der Waals surface area contributed by atoms with Crippen LogP contribution in [-0.4, -0.2) is 35.9 Å². The SMILES string of the molecule is O=C(NCCC(F)(F)F)NC(C(=O)O)C1CC1. The van der Waals surface area contributed by atoms with E-state index < -0.39 is 37.2 Å². The molecule has 17 heavy (non-hydrogen) atoms. The summed E-state index contributed by atoms with van der Waals surface area (Å²) in [5.74, 6) is -1.28. The van der Waals surface area contributed by atoms with Crippen LogP contribution in [0.15, 0.2) is 0 Å². The van der Waals surface area contributed by atoms with Crippen molar-refractivity contribution in [3.63, 3.8) is 0 Å². The molecule has 0 heterocycles. The fraction of sp³-hybridized carbons (Fsp3) is 0.778. The monoisotopic (exact) mass is 254 g/mol. The largest absolute Gasteiger partial charge is 0.480 e. The van der Waals surface area contributed by atoms with Crippen molar-refractivity contribution in [1.29, 1.82) is 0 Å². The Morgan fingerprint density at radius 1 is 1.35 bits per heavy atom. The molecular weight excluding hydrogens is 241 g/mol. The fourth-order valence-electron chi connectivity index (χ4n) is 1.32. The molecular formula is C9H13F3N2O3. The van der Waals surface area contributed by atoms with Crippen molar-refractivity contribution in [2.75, 3.05) is 6.54 Å². The molecule has 8 heteroatoms. The van der Waals surface area contributed by atoms with Gasteiger partial charge in [-0.15, -0.1) is 0 Å². The molecule has 1 unspecified atom stereocenters. The second-order valence-electron chi connectivity index (χ2n) is 3.92. The molecule has 0 spiro atoms. The number of hydrogen-bond donors (Lipinski definition) is 3. The highest BCUT2D eigenvalue weighted by Gasteiger charge is 2.37. The molecule has 1 aliphatic carbocycles. The first-order chi connectivity index (χ1) is 7.79. The lowest BCUT2D eigenvalue weighted by atomic mass is 10.2. The van der Waals surface area contributed by atoms with Crippen molar-refractivity contribution < 1.29 is 27.9 Å². The Morgan fingerprint density at radius 3 is 2.35 bits per heavy atom. The third-order valence-corrected chi connectivity index (χ3v) is 2.34. The maximum absolute atomic E-state index is 11.8. The minimum Gasteiger partial charge on any atom is -0.480 e. The molecule has 0 bridgehead atoms. The summed E-state index contributed by atoms with van der Waals surface area (Å²) < 4.78 is 35.3. The first kappa shape index (κ1) is 13.6. The molecule has 1 fully saturated rings. The summed E-state index contributed by atoms with van der Waals surface area (Å²) in [5.41, 5.74) is 0. The zero-order valence-electron chi connectivity index (χ0n) is 8.88. The Kier molecular flexibility index (Phi) is 4.19. The molecule has 1 atom stereocenters. The normalized spacial score (nSPS) is 17.4. The van der Waals surface area contributed by atoms with Gasteiger partial charge in [-0.1, -0.05) is 0 Å². The van der Waals surface area contributed by atoms with Crippen LogP contribution in [0.2, 0.25) is 0 Å². The lowest BCUT2D eigenvalue weighted by Crippen LogP contribution is -2.47. The predicted molar refractivity (Wildman–Crippen MR) is 51.4 cm³/mol. The van der Waals surface area contributed by atoms with Gasteiger partial charge >= 0.3 is 18.2 Å². The first-order valence-corrected chi connectivity index (χ1v) is 5.13. The molecule has 0 aromatic carbocycles. The van der Waals surface area contributed by atoms with Crippen LogP contribution in [0.3, 0.4) is 0 Å². The molecule has 1 saturated carbocycles. The van der Waals surface area contributed by atoms with Crippen LogP contribution in [0.1, 0.15) is 19.3 Å². The third-order valence-electron chi connectivity index (χ3n) is 2.34. The summed E-state index contributed by atoms with van der Waals surface area (Å²) in [4.78, 5) is 21.9. The number of rotatable bonds is 5. The molecule has 1 rings (SSSR count). The Morgan fingerprint density at radius 2 is 1.94 bits per heavy atom. The van der Waals surface area contributed by atoms with E-state index in [9.17, 15) is 22.8 Å². The van der Waals surface area contributed by atoms with Crippen LogP contribution in [-0.2, 0) is 4.79 Å². The quantitative estimate of drug-likeness (QED) is 0.687. The summed E-state index contributed by atoms with van der Waals surface area (Å²) in [7, 11) is 0. The molecule has 0 aliphatic heterocycles. The Labute approximate surface area is 95.4 Å². The second-order valence-corrected chi connectivity index (χ2v) is 3.92. The summed E-state index contributed by atoms with van der Waals surface area (Å²) in [6.45, 7) is -0.563. The highest BCUT2D eigenvalue weighted by molar-refractivity contribution is 5.83. The van der Waals surface area contributed by atoms with Crippen LogP contribution in [0, 0.1) is 5.92 Å². The zero-order chi connectivity index (χ0) is 13.1. The molecule has 5 nitrogen and oxygen atoms in total. The molecule has 0 aromatic rings. The number of carboxylic acids is 1. The van der Waals surface area contributed by atoms with E-state index in [0.29, 0.717) is 12.8 Å². The molecule has 0 saturated heterocycles. The van der Waals surface area contributed by atoms with Crippen LogP contribution < -0.4 is 10.6 Å². The average Bonchev–Trinajstić information content (AvgIpc) is 2.94. The highest BCUT2D eigenvalue weighted by Crippen LogP contribution is 2.32. The molecule has 3 N–H and O–H groups in total. The van der Waals surface area contributed by atoms with Crippen molar-refractivity contribution in [3.8, 4) is 0 Å². The van der Waals surface area contributed by atoms with Gasteiger partial charge in [-0.25, -0.2) is 9.59 Å². The molecule has 2 amide bonds. The number of nitrogens with one attached hydrogen (secondary N) is 2. The number of carboxylic acid groups (broad SMARTS) is 1. The average molecular weight is 254 g/mol. The van der Waals surface area contributed by atoms with Crippen LogP contribution in [0.5, 0.6) is 0 Å². The van der Waals surface area contributed by atoms with Gasteiger partial charge in [0.25, 0.3) is 0 Å². The predicted octanol–water partition coefficient (Wildman–Crippen LogP) is 1.10. The third kappa shape index (κ3) is 5.41. The summed E-state index contributed by atoms with van der Waals surface area (Å²) in [5, 5.41) is 12.9. The van der Waals surface area contributed by atoms with Gasteiger partial charge in [0.15, 0.2) is 0 Å². The van der Waals surface area contributed by atoms with Crippen molar-refractivity contribution in [3.05, 3.63) is 0 Å². The van der Waals surface area contributed by atoms with E-state index in [4.69, 9.17) is 5.11 Å². The summed E-state index contributed by atoms with van der Waals surface area (Å²) in [6.07, 6.45) is -4.06. The minimum absolute atomic E-state index is 0.110. The van der Waals surface area contributed by atoms with Crippen LogP contribution >= 0.6 is 0 Å². The molecule has 1 aliphatic rings. The number of hydrogen-bond acceptors (Lipinski definition) is 2. The number of amides is 2. The van der Waals surface area contributed by atoms with E-state index in [0.717, 1.165) is 0 Å². The van der Waals surface area contributed by atoms with E-state index in [1.165, 1.54) is 0 Å². The highest BCUT2D eigenvalue weighted by atomic mass is 19.4. The first-order valence-electron chi connectivity index (χ1n) is 5.13. The number of alkyl halides is 3. The number of urea groups is 1. The number of aliphatic carboxylic acids is 1. The number of halogens is 3. The van der Waals surface area contributed by atoms with Crippen molar-refractivity contribution in [1.82, 2.24) is 10.6 Å². The fourth-order valence-corrected chi connectivity index (χ4v) is 1.32. The maximum atomic E-state index is 11.8.